The molecule has 2 rings (SSSR count). The number of nitrogens with zero attached hydrogens (tertiary/aromatic N) is 2. The third-order valence-electron chi connectivity index (χ3n) is 2.02. The molecule has 5 heteroatoms. The van der Waals surface area contributed by atoms with Crippen LogP contribution in [0, 0.1) is 10.7 Å². The number of pyridine rings is 1. The summed E-state index contributed by atoms with van der Waals surface area (Å²) in [5, 5.41) is 11.1. The van der Waals surface area contributed by atoms with E-state index in [0.29, 0.717) is 11.2 Å². The molecule has 0 aliphatic rings. The van der Waals surface area contributed by atoms with E-state index in [1.54, 1.807) is 18.5 Å². The van der Waals surface area contributed by atoms with Crippen LogP contribution < -0.4 is 0 Å². The molecule has 0 aliphatic heterocycles. The molecule has 0 aliphatic carbocycles. The maximum atomic E-state index is 11.7. The van der Waals surface area contributed by atoms with Crippen LogP contribution in [-0.4, -0.2) is 21.5 Å². The van der Waals surface area contributed by atoms with Crippen LogP contribution >= 0.6 is 11.8 Å². The van der Waals surface area contributed by atoms with Crippen molar-refractivity contribution in [1.29, 1.82) is 5.26 Å². The van der Waals surface area contributed by atoms with Gasteiger partial charge in [-0.3, -0.25) is 4.79 Å². The Bertz CT molecular complexity index is 541. The molecule has 0 saturated heterocycles. The van der Waals surface area contributed by atoms with Crippen molar-refractivity contribution in [1.82, 2.24) is 9.97 Å². The molecule has 2 aromatic rings. The smallest absolute Gasteiger partial charge is 0.175 e. The van der Waals surface area contributed by atoms with Crippen molar-refractivity contribution in [2.45, 2.75) is 0 Å². The molecule has 2 aromatic heterocycles. The Labute approximate surface area is 90.3 Å². The van der Waals surface area contributed by atoms with Gasteiger partial charge in [0, 0.05) is 23.3 Å². The van der Waals surface area contributed by atoms with E-state index in [1.807, 2.05) is 11.5 Å². The molecule has 0 saturated carbocycles. The van der Waals surface area contributed by atoms with E-state index in [2.05, 4.69) is 9.97 Å². The number of hydrogen-bond donors (Lipinski definition) is 1. The summed E-state index contributed by atoms with van der Waals surface area (Å²) in [6.45, 7) is 0. The van der Waals surface area contributed by atoms with E-state index < -0.39 is 0 Å². The van der Waals surface area contributed by atoms with Gasteiger partial charge in [-0.2, -0.15) is 5.26 Å². The Morgan fingerprint density at radius 3 is 3.33 bits per heavy atom. The van der Waals surface area contributed by atoms with Crippen LogP contribution in [0.25, 0.3) is 11.0 Å². The number of thioether (sulfide) groups is 1. The number of aromatic amines is 1. The summed E-state index contributed by atoms with van der Waals surface area (Å²) in [4.78, 5) is 18.7. The standard InChI is InChI=1S/C10H7N3OS/c11-6-15-5-9(14)8-4-13-10-7(8)2-1-3-12-10/h1-4H,5H2,(H,12,13). The molecule has 0 atom stereocenters. The predicted octanol–water partition coefficient (Wildman–Crippen LogP) is 1.96. The fourth-order valence-electron chi connectivity index (χ4n) is 1.36. The monoisotopic (exact) mass is 217 g/mol. The summed E-state index contributed by atoms with van der Waals surface area (Å²) >= 11 is 0.945. The highest BCUT2D eigenvalue weighted by atomic mass is 32.2. The van der Waals surface area contributed by atoms with Gasteiger partial charge in [-0.25, -0.2) is 4.98 Å². The van der Waals surface area contributed by atoms with Crippen LogP contribution in [-0.2, 0) is 0 Å². The maximum Gasteiger partial charge on any atom is 0.175 e. The highest BCUT2D eigenvalue weighted by Gasteiger charge is 2.11. The van der Waals surface area contributed by atoms with Gasteiger partial charge in [-0.15, -0.1) is 0 Å². The summed E-state index contributed by atoms with van der Waals surface area (Å²) in [6, 6.07) is 3.62. The lowest BCUT2D eigenvalue weighted by Crippen LogP contribution is -2.00. The van der Waals surface area contributed by atoms with Crippen molar-refractivity contribution < 1.29 is 4.79 Å². The molecule has 2 heterocycles. The van der Waals surface area contributed by atoms with Crippen molar-refractivity contribution in [3.8, 4) is 5.40 Å². The lowest BCUT2D eigenvalue weighted by molar-refractivity contribution is 0.102. The number of nitrogens with one attached hydrogen (secondary N) is 1. The number of fused-ring (bicyclic) bond motifs is 1. The largest absolute Gasteiger partial charge is 0.345 e. The number of hydrogen-bond acceptors (Lipinski definition) is 4. The Hall–Kier alpha value is -1.80. The molecule has 15 heavy (non-hydrogen) atoms. The molecular weight excluding hydrogens is 210 g/mol. The Kier molecular flexibility index (Phi) is 2.70. The number of ketones is 1. The Morgan fingerprint density at radius 2 is 2.53 bits per heavy atom. The predicted molar refractivity (Wildman–Crippen MR) is 58.5 cm³/mol. The van der Waals surface area contributed by atoms with Gasteiger partial charge in [0.25, 0.3) is 0 Å². The number of thiocyanates is 1. The Balaban J connectivity index is 2.36. The average Bonchev–Trinajstić information content (AvgIpc) is 2.69. The van der Waals surface area contributed by atoms with Crippen molar-refractivity contribution in [2.24, 2.45) is 0 Å². The SMILES string of the molecule is N#CSCC(=O)c1c[nH]c2ncccc12. The highest BCUT2D eigenvalue weighted by molar-refractivity contribution is 8.04. The molecule has 4 nitrogen and oxygen atoms in total. The average molecular weight is 217 g/mol. The number of rotatable bonds is 3. The summed E-state index contributed by atoms with van der Waals surface area (Å²) in [6.07, 6.45) is 3.30. The summed E-state index contributed by atoms with van der Waals surface area (Å²) in [5.74, 6) is 0.124. The number of Topliss-reactive ketones (excluding diaryl/α,β-unsaturated/α-hetero) is 1. The molecule has 0 aromatic carbocycles. The molecule has 0 radical (unpaired) electrons. The number of carbonyl (C=O) groups is 1. The van der Waals surface area contributed by atoms with Crippen LogP contribution in [0.5, 0.6) is 0 Å². The second-order valence-electron chi connectivity index (χ2n) is 2.91. The molecule has 0 bridgehead atoms. The molecule has 0 fully saturated rings. The summed E-state index contributed by atoms with van der Waals surface area (Å²) in [7, 11) is 0. The minimum Gasteiger partial charge on any atom is -0.345 e. The van der Waals surface area contributed by atoms with Crippen LogP contribution in [0.2, 0.25) is 0 Å². The summed E-state index contributed by atoms with van der Waals surface area (Å²) < 4.78 is 0. The Morgan fingerprint density at radius 1 is 1.67 bits per heavy atom. The minimum atomic E-state index is -0.0548. The van der Waals surface area contributed by atoms with Crippen LogP contribution in [0.15, 0.2) is 24.5 Å². The van der Waals surface area contributed by atoms with Crippen molar-refractivity contribution >= 4 is 28.6 Å². The number of carbonyl (C=O) groups excluding carboxylic acids is 1. The molecule has 0 spiro atoms. The number of nitriles is 1. The molecule has 0 unspecified atom stereocenters. The lowest BCUT2D eigenvalue weighted by atomic mass is 10.1. The van der Waals surface area contributed by atoms with Gasteiger partial charge in [0.05, 0.1) is 5.75 Å². The molecule has 74 valence electrons. The van der Waals surface area contributed by atoms with E-state index >= 15 is 0 Å². The third-order valence-corrected chi connectivity index (χ3v) is 2.55. The van der Waals surface area contributed by atoms with E-state index in [9.17, 15) is 4.79 Å². The number of aromatic nitrogens is 2. The van der Waals surface area contributed by atoms with Crippen molar-refractivity contribution in [3.63, 3.8) is 0 Å². The molecule has 0 amide bonds. The van der Waals surface area contributed by atoms with Crippen LogP contribution in [0.4, 0.5) is 0 Å². The van der Waals surface area contributed by atoms with Crippen LogP contribution in [0.1, 0.15) is 10.4 Å². The quantitative estimate of drug-likeness (QED) is 0.630. The lowest BCUT2D eigenvalue weighted by Gasteiger charge is -1.94. The summed E-state index contributed by atoms with van der Waals surface area (Å²) in [5.41, 5.74) is 1.30. The fraction of sp³-hybridized carbons (Fsp3) is 0.100. The van der Waals surface area contributed by atoms with E-state index in [-0.39, 0.29) is 11.5 Å². The van der Waals surface area contributed by atoms with Gasteiger partial charge in [0.2, 0.25) is 0 Å². The van der Waals surface area contributed by atoms with E-state index in [0.717, 1.165) is 17.1 Å². The van der Waals surface area contributed by atoms with Gasteiger partial charge >= 0.3 is 0 Å². The van der Waals surface area contributed by atoms with Gasteiger partial charge in [-0.1, -0.05) is 0 Å². The highest BCUT2D eigenvalue weighted by Crippen LogP contribution is 2.17. The first-order valence-corrected chi connectivity index (χ1v) is 5.27. The molecular formula is C10H7N3OS. The van der Waals surface area contributed by atoms with Gasteiger partial charge in [-0.05, 0) is 23.9 Å². The van der Waals surface area contributed by atoms with Crippen molar-refractivity contribution in [3.05, 3.63) is 30.1 Å². The minimum absolute atomic E-state index is 0.0548. The third kappa shape index (κ3) is 1.85. The van der Waals surface area contributed by atoms with Crippen molar-refractivity contribution in [2.75, 3.05) is 5.75 Å². The number of H-pyrrole nitrogens is 1. The van der Waals surface area contributed by atoms with Gasteiger partial charge < -0.3 is 4.98 Å². The zero-order chi connectivity index (χ0) is 10.7. The van der Waals surface area contributed by atoms with Crippen LogP contribution in [0.3, 0.4) is 0 Å². The van der Waals surface area contributed by atoms with E-state index in [1.165, 1.54) is 0 Å². The first-order chi connectivity index (χ1) is 7.33. The van der Waals surface area contributed by atoms with Gasteiger partial charge in [0.1, 0.15) is 11.0 Å². The second kappa shape index (κ2) is 4.15. The first kappa shape index (κ1) is 9.74. The van der Waals surface area contributed by atoms with E-state index in [4.69, 9.17) is 5.26 Å². The normalized spacial score (nSPS) is 10.1. The fourth-order valence-corrected chi connectivity index (χ4v) is 1.71. The topological polar surface area (TPSA) is 69.5 Å². The zero-order valence-corrected chi connectivity index (χ0v) is 8.54. The second-order valence-corrected chi connectivity index (χ2v) is 3.66. The first-order valence-electron chi connectivity index (χ1n) is 4.29. The van der Waals surface area contributed by atoms with Gasteiger partial charge in [0.15, 0.2) is 5.78 Å². The molecule has 1 N–H and O–H groups in total. The zero-order valence-electron chi connectivity index (χ0n) is 7.73. The maximum absolute atomic E-state index is 11.7.